The van der Waals surface area contributed by atoms with E-state index >= 15 is 0 Å². The van der Waals surface area contributed by atoms with Crippen molar-refractivity contribution in [2.24, 2.45) is 0 Å². The third-order valence-corrected chi connectivity index (χ3v) is 6.86. The molecule has 1 aliphatic heterocycles. The van der Waals surface area contributed by atoms with Crippen LogP contribution in [0.5, 0.6) is 17.2 Å². The van der Waals surface area contributed by atoms with E-state index in [0.717, 1.165) is 11.8 Å². The van der Waals surface area contributed by atoms with Gasteiger partial charge in [0.2, 0.25) is 28.7 Å². The molecule has 3 heterocycles. The summed E-state index contributed by atoms with van der Waals surface area (Å²) in [6, 6.07) is 9.22. The summed E-state index contributed by atoms with van der Waals surface area (Å²) in [5, 5.41) is 25.8. The van der Waals surface area contributed by atoms with Crippen LogP contribution in [0.1, 0.15) is 0 Å². The molecule has 1 fully saturated rings. The van der Waals surface area contributed by atoms with Crippen LogP contribution in [0.4, 0.5) is 23.3 Å². The standard InChI is InChI=1S/C25H25N9O7S2/c1-37-17-12-14(13-18(38-2)19(17)39-3)20-31-32-25(41-20)43-24-29-21(27-22(30-24)33-8-10-40-11-9-33)28-23(42)26-15-4-6-16(7-5-15)34(35)36/h4-7,12-13H,8-11H2,1-3H3,(H2,26,27,28,29,30,42). The summed E-state index contributed by atoms with van der Waals surface area (Å²) in [7, 11) is 4.55. The maximum Gasteiger partial charge on any atom is 0.284 e. The third-order valence-electron chi connectivity index (χ3n) is 5.96. The molecule has 0 spiro atoms. The highest BCUT2D eigenvalue weighted by molar-refractivity contribution is 7.98. The quantitative estimate of drug-likeness (QED) is 0.147. The molecule has 2 aromatic heterocycles. The minimum atomic E-state index is -0.478. The fourth-order valence-corrected chi connectivity index (χ4v) is 4.76. The molecule has 18 heteroatoms. The molecule has 0 bridgehead atoms. The molecule has 0 saturated carbocycles. The topological polar surface area (TPSA) is 185 Å². The maximum atomic E-state index is 10.9. The van der Waals surface area contributed by atoms with Gasteiger partial charge >= 0.3 is 0 Å². The van der Waals surface area contributed by atoms with Crippen molar-refractivity contribution < 1.29 is 28.3 Å². The van der Waals surface area contributed by atoms with Gasteiger partial charge in [0.05, 0.1) is 39.5 Å². The Hall–Kier alpha value is -4.81. The lowest BCUT2D eigenvalue weighted by atomic mass is 10.2. The zero-order chi connectivity index (χ0) is 30.3. The first-order valence-corrected chi connectivity index (χ1v) is 13.8. The number of benzene rings is 2. The zero-order valence-electron chi connectivity index (χ0n) is 23.1. The summed E-state index contributed by atoms with van der Waals surface area (Å²) in [6.45, 7) is 2.23. The summed E-state index contributed by atoms with van der Waals surface area (Å²) in [6.07, 6.45) is 0. The van der Waals surface area contributed by atoms with E-state index in [1.807, 2.05) is 4.90 Å². The average Bonchev–Trinajstić information content (AvgIpc) is 3.49. The smallest absolute Gasteiger partial charge is 0.284 e. The Kier molecular flexibility index (Phi) is 9.28. The normalized spacial score (nSPS) is 12.9. The number of morpholine rings is 1. The number of aromatic nitrogens is 5. The first-order chi connectivity index (χ1) is 20.9. The molecular formula is C25H25N9O7S2. The molecule has 0 amide bonds. The number of nitro benzene ring substituents is 1. The van der Waals surface area contributed by atoms with Gasteiger partial charge in [0.25, 0.3) is 10.9 Å². The average molecular weight is 628 g/mol. The molecular weight excluding hydrogens is 602 g/mol. The number of nitrogens with zero attached hydrogens (tertiary/aromatic N) is 7. The van der Waals surface area contributed by atoms with Crippen LogP contribution in [0.15, 0.2) is 51.2 Å². The van der Waals surface area contributed by atoms with Crippen LogP contribution >= 0.6 is 24.0 Å². The molecule has 224 valence electrons. The molecule has 43 heavy (non-hydrogen) atoms. The largest absolute Gasteiger partial charge is 0.493 e. The number of ether oxygens (including phenoxy) is 4. The summed E-state index contributed by atoms with van der Waals surface area (Å²) >= 11 is 6.47. The minimum Gasteiger partial charge on any atom is -0.493 e. The highest BCUT2D eigenvalue weighted by Crippen LogP contribution is 2.41. The van der Waals surface area contributed by atoms with E-state index in [0.29, 0.717) is 60.8 Å². The Morgan fingerprint density at radius 2 is 1.70 bits per heavy atom. The molecule has 16 nitrogen and oxygen atoms in total. The summed E-state index contributed by atoms with van der Waals surface area (Å²) in [5.74, 6) is 2.10. The molecule has 2 N–H and O–H groups in total. The van der Waals surface area contributed by atoms with Gasteiger partial charge in [0.1, 0.15) is 0 Å². The number of thiocarbonyl (C=S) groups is 1. The first kappa shape index (κ1) is 29.7. The second-order valence-corrected chi connectivity index (χ2v) is 9.94. The van der Waals surface area contributed by atoms with Crippen molar-refractivity contribution in [2.75, 3.05) is 63.2 Å². The van der Waals surface area contributed by atoms with E-state index in [9.17, 15) is 10.1 Å². The molecule has 0 atom stereocenters. The van der Waals surface area contributed by atoms with Crippen LogP contribution in [-0.2, 0) is 4.74 Å². The van der Waals surface area contributed by atoms with Gasteiger partial charge in [-0.3, -0.25) is 10.1 Å². The summed E-state index contributed by atoms with van der Waals surface area (Å²) in [4.78, 5) is 26.0. The van der Waals surface area contributed by atoms with Gasteiger partial charge in [-0.15, -0.1) is 10.2 Å². The highest BCUT2D eigenvalue weighted by Gasteiger charge is 2.21. The predicted octanol–water partition coefficient (Wildman–Crippen LogP) is 3.65. The third kappa shape index (κ3) is 7.16. The Labute approximate surface area is 254 Å². The van der Waals surface area contributed by atoms with Crippen LogP contribution in [0.2, 0.25) is 0 Å². The van der Waals surface area contributed by atoms with E-state index in [1.165, 1.54) is 33.5 Å². The van der Waals surface area contributed by atoms with Gasteiger partial charge in [-0.25, -0.2) is 0 Å². The van der Waals surface area contributed by atoms with Crippen molar-refractivity contribution in [1.29, 1.82) is 0 Å². The van der Waals surface area contributed by atoms with E-state index < -0.39 is 4.92 Å². The summed E-state index contributed by atoms with van der Waals surface area (Å²) < 4.78 is 27.6. The fraction of sp³-hybridized carbons (Fsp3) is 0.280. The Morgan fingerprint density at radius 1 is 1.00 bits per heavy atom. The van der Waals surface area contributed by atoms with Crippen LogP contribution in [0.25, 0.3) is 11.5 Å². The van der Waals surface area contributed by atoms with E-state index in [4.69, 9.17) is 35.6 Å². The Morgan fingerprint density at radius 3 is 2.33 bits per heavy atom. The number of nitro groups is 1. The van der Waals surface area contributed by atoms with Gasteiger partial charge in [0, 0.05) is 48.2 Å². The highest BCUT2D eigenvalue weighted by atomic mass is 32.2. The van der Waals surface area contributed by atoms with Gasteiger partial charge in [0.15, 0.2) is 16.6 Å². The predicted molar refractivity (Wildman–Crippen MR) is 159 cm³/mol. The van der Waals surface area contributed by atoms with Crippen molar-refractivity contribution >= 4 is 52.4 Å². The first-order valence-electron chi connectivity index (χ1n) is 12.6. The molecule has 1 aliphatic rings. The lowest BCUT2D eigenvalue weighted by Crippen LogP contribution is -2.37. The maximum absolute atomic E-state index is 10.9. The number of anilines is 3. The summed E-state index contributed by atoms with van der Waals surface area (Å²) in [5.41, 5.74) is 1.07. The van der Waals surface area contributed by atoms with Crippen molar-refractivity contribution in [3.63, 3.8) is 0 Å². The van der Waals surface area contributed by atoms with Crippen molar-refractivity contribution in [3.05, 3.63) is 46.5 Å². The van der Waals surface area contributed by atoms with E-state index in [2.05, 4.69) is 35.8 Å². The lowest BCUT2D eigenvalue weighted by Gasteiger charge is -2.27. The number of nitrogens with one attached hydrogen (secondary N) is 2. The Bertz CT molecular complexity index is 1590. The molecule has 1 saturated heterocycles. The molecule has 0 aliphatic carbocycles. The van der Waals surface area contributed by atoms with Gasteiger partial charge in [-0.05, 0) is 36.5 Å². The van der Waals surface area contributed by atoms with Gasteiger partial charge in [-0.2, -0.15) is 15.0 Å². The van der Waals surface area contributed by atoms with Crippen molar-refractivity contribution in [1.82, 2.24) is 25.1 Å². The molecule has 4 aromatic rings. The second-order valence-electron chi connectivity index (χ2n) is 8.61. The number of rotatable bonds is 10. The van der Waals surface area contributed by atoms with Crippen molar-refractivity contribution in [3.8, 4) is 28.7 Å². The monoisotopic (exact) mass is 627 g/mol. The van der Waals surface area contributed by atoms with E-state index in [-0.39, 0.29) is 33.0 Å². The van der Waals surface area contributed by atoms with Gasteiger partial charge in [-0.1, -0.05) is 0 Å². The molecule has 0 radical (unpaired) electrons. The zero-order valence-corrected chi connectivity index (χ0v) is 24.7. The minimum absolute atomic E-state index is 0.0341. The Balaban J connectivity index is 1.37. The van der Waals surface area contributed by atoms with Crippen LogP contribution < -0.4 is 29.7 Å². The van der Waals surface area contributed by atoms with Crippen LogP contribution in [-0.4, -0.2) is 82.8 Å². The van der Waals surface area contributed by atoms with Crippen molar-refractivity contribution in [2.45, 2.75) is 10.4 Å². The second kappa shape index (κ2) is 13.4. The number of non-ortho nitro benzene ring substituents is 1. The lowest BCUT2D eigenvalue weighted by molar-refractivity contribution is -0.384. The van der Waals surface area contributed by atoms with Crippen LogP contribution in [0.3, 0.4) is 0 Å². The number of hydrogen-bond acceptors (Lipinski definition) is 15. The SMILES string of the molecule is COc1cc(-c2nnc(Sc3nc(NC(=S)Nc4ccc([N+](=O)[O-])cc4)nc(N4CCOCC4)n3)o2)cc(OC)c1OC. The number of methoxy groups -OCH3 is 3. The molecule has 0 unspecified atom stereocenters. The molecule has 2 aromatic carbocycles. The van der Waals surface area contributed by atoms with Crippen LogP contribution in [0, 0.1) is 10.1 Å². The fourth-order valence-electron chi connectivity index (χ4n) is 3.93. The van der Waals surface area contributed by atoms with Gasteiger partial charge < -0.3 is 38.9 Å². The molecule has 5 rings (SSSR count). The van der Waals surface area contributed by atoms with E-state index in [1.54, 1.807) is 24.3 Å². The number of hydrogen-bond donors (Lipinski definition) is 2.